The van der Waals surface area contributed by atoms with Crippen LogP contribution in [0, 0.1) is 10.1 Å². The molecule has 0 fully saturated rings. The zero-order valence-electron chi connectivity index (χ0n) is 10.4. The number of nitro groups is 1. The van der Waals surface area contributed by atoms with Crippen molar-refractivity contribution in [2.45, 2.75) is 6.54 Å². The number of nitrogens with zero attached hydrogens (tertiary/aromatic N) is 1. The lowest BCUT2D eigenvalue weighted by atomic mass is 10.1. The summed E-state index contributed by atoms with van der Waals surface area (Å²) in [4.78, 5) is 10.6. The molecule has 2 aromatic rings. The van der Waals surface area contributed by atoms with Crippen LogP contribution in [0.5, 0.6) is 0 Å². The summed E-state index contributed by atoms with van der Waals surface area (Å²) in [6.07, 6.45) is 0. The highest BCUT2D eigenvalue weighted by molar-refractivity contribution is 9.10. The molecule has 0 saturated carbocycles. The molecule has 0 aliphatic carbocycles. The summed E-state index contributed by atoms with van der Waals surface area (Å²) in [5, 5.41) is 14.8. The van der Waals surface area contributed by atoms with E-state index in [4.69, 9.17) is 23.2 Å². The van der Waals surface area contributed by atoms with E-state index in [-0.39, 0.29) is 12.2 Å². The van der Waals surface area contributed by atoms with Crippen LogP contribution >= 0.6 is 55.1 Å². The summed E-state index contributed by atoms with van der Waals surface area (Å²) in [7, 11) is 0. The number of benzene rings is 2. The van der Waals surface area contributed by atoms with Gasteiger partial charge in [-0.25, -0.2) is 0 Å². The fourth-order valence-corrected chi connectivity index (χ4v) is 2.98. The Hall–Kier alpha value is -0.820. The fourth-order valence-electron chi connectivity index (χ4n) is 1.73. The highest BCUT2D eigenvalue weighted by Gasteiger charge is 2.15. The lowest BCUT2D eigenvalue weighted by molar-refractivity contribution is -0.385. The Kier molecular flexibility index (Phi) is 5.48. The predicted octanol–water partition coefficient (Wildman–Crippen LogP) is 6.04. The van der Waals surface area contributed by atoms with Gasteiger partial charge in [0.1, 0.15) is 0 Å². The molecule has 0 aromatic heterocycles. The van der Waals surface area contributed by atoms with Gasteiger partial charge in [-0.15, -0.1) is 0 Å². The van der Waals surface area contributed by atoms with Crippen molar-refractivity contribution in [2.24, 2.45) is 0 Å². The zero-order chi connectivity index (χ0) is 15.6. The van der Waals surface area contributed by atoms with E-state index in [9.17, 15) is 10.1 Å². The van der Waals surface area contributed by atoms with E-state index in [1.807, 2.05) is 0 Å². The number of nitrogens with one attached hydrogen (secondary N) is 1. The first kappa shape index (κ1) is 16.5. The SMILES string of the molecule is O=[N+]([O-])c1ccc(Br)cc1CNc1ccc(Br)c(Cl)c1Cl. The molecule has 0 amide bonds. The third-order valence-corrected chi connectivity index (χ3v) is 5.01. The van der Waals surface area contributed by atoms with Crippen molar-refractivity contribution in [3.05, 3.63) is 65.0 Å². The van der Waals surface area contributed by atoms with Gasteiger partial charge in [-0.05, 0) is 40.2 Å². The Morgan fingerprint density at radius 3 is 2.52 bits per heavy atom. The molecule has 2 aromatic carbocycles. The lowest BCUT2D eigenvalue weighted by Gasteiger charge is -2.11. The van der Waals surface area contributed by atoms with Crippen molar-refractivity contribution in [3.63, 3.8) is 0 Å². The Bertz CT molecular complexity index is 711. The molecule has 0 bridgehead atoms. The van der Waals surface area contributed by atoms with Crippen LogP contribution in [-0.2, 0) is 6.54 Å². The van der Waals surface area contributed by atoms with Crippen LogP contribution in [0.1, 0.15) is 5.56 Å². The Labute approximate surface area is 147 Å². The molecule has 0 heterocycles. The first-order chi connectivity index (χ1) is 9.90. The minimum atomic E-state index is -0.417. The summed E-state index contributed by atoms with van der Waals surface area (Å²) < 4.78 is 1.46. The second kappa shape index (κ2) is 6.96. The number of hydrogen-bond acceptors (Lipinski definition) is 3. The van der Waals surface area contributed by atoms with E-state index in [1.165, 1.54) is 6.07 Å². The van der Waals surface area contributed by atoms with Gasteiger partial charge < -0.3 is 5.32 Å². The lowest BCUT2D eigenvalue weighted by Crippen LogP contribution is -2.03. The second-order valence-electron chi connectivity index (χ2n) is 4.11. The van der Waals surface area contributed by atoms with Crippen LogP contribution in [0.2, 0.25) is 10.0 Å². The molecule has 0 unspecified atom stereocenters. The van der Waals surface area contributed by atoms with Crippen LogP contribution in [-0.4, -0.2) is 4.92 Å². The molecule has 21 heavy (non-hydrogen) atoms. The van der Waals surface area contributed by atoms with Crippen LogP contribution in [0.4, 0.5) is 11.4 Å². The number of nitro benzene ring substituents is 1. The second-order valence-corrected chi connectivity index (χ2v) is 6.63. The summed E-state index contributed by atoms with van der Waals surface area (Å²) in [5.41, 5.74) is 1.20. The zero-order valence-corrected chi connectivity index (χ0v) is 15.1. The average molecular weight is 455 g/mol. The maximum absolute atomic E-state index is 11.0. The molecule has 0 radical (unpaired) electrons. The monoisotopic (exact) mass is 452 g/mol. The fraction of sp³-hybridized carbons (Fsp3) is 0.0769. The quantitative estimate of drug-likeness (QED) is 0.348. The summed E-state index contributed by atoms with van der Waals surface area (Å²) >= 11 is 18.7. The normalized spacial score (nSPS) is 10.5. The first-order valence-corrected chi connectivity index (χ1v) is 8.04. The molecular weight excluding hydrogens is 447 g/mol. The van der Waals surface area contributed by atoms with Crippen molar-refractivity contribution in [3.8, 4) is 0 Å². The van der Waals surface area contributed by atoms with Gasteiger partial charge in [0.15, 0.2) is 0 Å². The van der Waals surface area contributed by atoms with E-state index >= 15 is 0 Å². The molecule has 0 spiro atoms. The van der Waals surface area contributed by atoms with Crippen molar-refractivity contribution < 1.29 is 4.92 Å². The largest absolute Gasteiger partial charge is 0.379 e. The topological polar surface area (TPSA) is 55.2 Å². The first-order valence-electron chi connectivity index (χ1n) is 5.70. The molecule has 0 saturated heterocycles. The standard InChI is InChI=1S/C13H8Br2Cl2N2O2/c14-8-1-4-11(19(20)21)7(5-8)6-18-10-3-2-9(15)12(16)13(10)17/h1-5,18H,6H2. The molecule has 0 atom stereocenters. The van der Waals surface area contributed by atoms with Crippen molar-refractivity contribution in [1.82, 2.24) is 0 Å². The van der Waals surface area contributed by atoms with Gasteiger partial charge in [-0.1, -0.05) is 39.1 Å². The van der Waals surface area contributed by atoms with Gasteiger partial charge in [-0.2, -0.15) is 0 Å². The summed E-state index contributed by atoms with van der Waals surface area (Å²) in [6, 6.07) is 8.29. The predicted molar refractivity (Wildman–Crippen MR) is 92.3 cm³/mol. The summed E-state index contributed by atoms with van der Waals surface area (Å²) in [6.45, 7) is 0.257. The van der Waals surface area contributed by atoms with Gasteiger partial charge in [0.05, 0.1) is 20.7 Å². The van der Waals surface area contributed by atoms with E-state index in [0.29, 0.717) is 25.8 Å². The molecule has 4 nitrogen and oxygen atoms in total. The van der Waals surface area contributed by atoms with Crippen LogP contribution in [0.25, 0.3) is 0 Å². The van der Waals surface area contributed by atoms with E-state index in [0.717, 1.165) is 4.47 Å². The minimum absolute atomic E-state index is 0.0463. The summed E-state index contributed by atoms with van der Waals surface area (Å²) in [5.74, 6) is 0. The van der Waals surface area contributed by atoms with E-state index in [1.54, 1.807) is 24.3 Å². The van der Waals surface area contributed by atoms with Crippen LogP contribution in [0.3, 0.4) is 0 Å². The third-order valence-electron chi connectivity index (χ3n) is 2.74. The number of hydrogen-bond donors (Lipinski definition) is 1. The molecule has 110 valence electrons. The Morgan fingerprint density at radius 2 is 1.86 bits per heavy atom. The molecule has 8 heteroatoms. The highest BCUT2D eigenvalue weighted by atomic mass is 79.9. The van der Waals surface area contributed by atoms with Crippen LogP contribution in [0.15, 0.2) is 39.3 Å². The van der Waals surface area contributed by atoms with E-state index in [2.05, 4.69) is 37.2 Å². The highest BCUT2D eigenvalue weighted by Crippen LogP contribution is 2.36. The Morgan fingerprint density at radius 1 is 1.14 bits per heavy atom. The van der Waals surface area contributed by atoms with Crippen molar-refractivity contribution in [2.75, 3.05) is 5.32 Å². The molecule has 0 aliphatic rings. The maximum Gasteiger partial charge on any atom is 0.274 e. The third kappa shape index (κ3) is 3.88. The van der Waals surface area contributed by atoms with Crippen molar-refractivity contribution >= 4 is 66.4 Å². The smallest absolute Gasteiger partial charge is 0.274 e. The van der Waals surface area contributed by atoms with Gasteiger partial charge in [0, 0.05) is 27.1 Å². The molecule has 0 aliphatic heterocycles. The number of anilines is 1. The van der Waals surface area contributed by atoms with Crippen LogP contribution < -0.4 is 5.32 Å². The van der Waals surface area contributed by atoms with Crippen molar-refractivity contribution in [1.29, 1.82) is 0 Å². The number of halogens is 4. The maximum atomic E-state index is 11.0. The van der Waals surface area contributed by atoms with Gasteiger partial charge in [0.25, 0.3) is 5.69 Å². The number of rotatable bonds is 4. The molecule has 2 rings (SSSR count). The van der Waals surface area contributed by atoms with Gasteiger partial charge in [0.2, 0.25) is 0 Å². The van der Waals surface area contributed by atoms with Gasteiger partial charge in [-0.3, -0.25) is 10.1 Å². The molecule has 1 N–H and O–H groups in total. The Balaban J connectivity index is 2.26. The van der Waals surface area contributed by atoms with Gasteiger partial charge >= 0.3 is 0 Å². The average Bonchev–Trinajstić information content (AvgIpc) is 2.44. The molecular formula is C13H8Br2Cl2N2O2. The van der Waals surface area contributed by atoms with E-state index < -0.39 is 4.92 Å². The minimum Gasteiger partial charge on any atom is -0.379 e.